The molecule has 71 heavy (non-hydrogen) atoms. The molecule has 8 rings (SSSR count). The van der Waals surface area contributed by atoms with E-state index in [0.717, 1.165) is 73.3 Å². The highest BCUT2D eigenvalue weighted by molar-refractivity contribution is 7.89. The van der Waals surface area contributed by atoms with Crippen molar-refractivity contribution in [3.63, 3.8) is 0 Å². The van der Waals surface area contributed by atoms with Gasteiger partial charge in [0.2, 0.25) is 15.8 Å². The molecule has 4 heterocycles. The van der Waals surface area contributed by atoms with Crippen LogP contribution in [0.3, 0.4) is 0 Å². The van der Waals surface area contributed by atoms with Crippen molar-refractivity contribution < 1.29 is 37.0 Å². The number of amides is 2. The smallest absolute Gasteiger partial charge is 0.410 e. The number of benzene rings is 4. The van der Waals surface area contributed by atoms with Crippen molar-refractivity contribution in [1.82, 2.24) is 39.6 Å². The molecular weight excluding hydrogens is 921 g/mol. The summed E-state index contributed by atoms with van der Waals surface area (Å²) in [6.07, 6.45) is 3.38. The first kappa shape index (κ1) is 51.3. The highest BCUT2D eigenvalue weighted by Gasteiger charge is 2.36. The third kappa shape index (κ3) is 13.3. The summed E-state index contributed by atoms with van der Waals surface area (Å²) in [5, 5.41) is 14.0. The number of rotatable bonds is 15. The summed E-state index contributed by atoms with van der Waals surface area (Å²) in [6, 6.07) is 27.2. The number of ether oxygens (including phenoxy) is 4. The van der Waals surface area contributed by atoms with E-state index in [-0.39, 0.29) is 41.3 Å². The molecular formula is C54H70N8O8S. The molecule has 0 bridgehead atoms. The number of methoxy groups -OCH3 is 2. The average Bonchev–Trinajstić information content (AvgIpc) is 3.79. The standard InChI is InChI=1S/C54H70N8O8S/c1-53(2,3)69-51(63)60-29-25-42(26-30-60)41-13-15-43(16-14-41)47-22-17-44(31-37-23-27-59(28-24-37)33-40-34-61(35-40)52(64)70-54(4,5)6)49(71(65,66)55-32-38-9-18-45(67-7)19-10-38)48(47)50-56-58-62(57-50)36-39-11-20-46(68-8)21-12-39/h9-22,37,40,42,55H,23-36H2,1-8H3. The number of nitrogens with zero attached hydrogens (tertiary/aromatic N) is 7. The van der Waals surface area contributed by atoms with E-state index in [1.807, 2.05) is 114 Å². The Hall–Kier alpha value is -6.04. The van der Waals surface area contributed by atoms with Crippen molar-refractivity contribution in [3.8, 4) is 34.0 Å². The van der Waals surface area contributed by atoms with Gasteiger partial charge in [-0.1, -0.05) is 60.7 Å². The fourth-order valence-electron chi connectivity index (χ4n) is 9.72. The number of carbonyl (C=O) groups is 2. The van der Waals surface area contributed by atoms with Gasteiger partial charge in [-0.15, -0.1) is 10.2 Å². The normalized spacial score (nSPS) is 16.7. The molecule has 0 spiro atoms. The van der Waals surface area contributed by atoms with Gasteiger partial charge in [-0.25, -0.2) is 22.7 Å². The number of sulfonamides is 1. The molecule has 0 unspecified atom stereocenters. The third-order valence-corrected chi connectivity index (χ3v) is 15.0. The number of carbonyl (C=O) groups excluding carboxylic acids is 2. The van der Waals surface area contributed by atoms with Crippen LogP contribution in [0.25, 0.3) is 22.5 Å². The van der Waals surface area contributed by atoms with Gasteiger partial charge < -0.3 is 33.6 Å². The fraction of sp³-hybridized carbons (Fsp3) is 0.500. The van der Waals surface area contributed by atoms with E-state index in [9.17, 15) is 9.59 Å². The van der Waals surface area contributed by atoms with Crippen LogP contribution < -0.4 is 14.2 Å². The van der Waals surface area contributed by atoms with Gasteiger partial charge in [-0.2, -0.15) is 4.80 Å². The lowest BCUT2D eigenvalue weighted by molar-refractivity contribution is -0.00807. The second kappa shape index (κ2) is 21.8. The Morgan fingerprint density at radius 3 is 1.85 bits per heavy atom. The largest absolute Gasteiger partial charge is 0.497 e. The molecule has 0 radical (unpaired) electrons. The quantitative estimate of drug-likeness (QED) is 0.106. The second-order valence-electron chi connectivity index (χ2n) is 21.2. The lowest BCUT2D eigenvalue weighted by atomic mass is 9.86. The molecule has 17 heteroatoms. The van der Waals surface area contributed by atoms with Crippen LogP contribution in [0.2, 0.25) is 0 Å². The first-order chi connectivity index (χ1) is 33.8. The van der Waals surface area contributed by atoms with Crippen LogP contribution in [-0.2, 0) is 39.0 Å². The van der Waals surface area contributed by atoms with E-state index in [2.05, 4.69) is 32.1 Å². The zero-order valence-electron chi connectivity index (χ0n) is 42.5. The number of nitrogens with one attached hydrogen (secondary N) is 1. The summed E-state index contributed by atoms with van der Waals surface area (Å²) in [5.41, 5.74) is 4.33. The van der Waals surface area contributed by atoms with E-state index < -0.39 is 21.2 Å². The van der Waals surface area contributed by atoms with Crippen molar-refractivity contribution in [2.24, 2.45) is 11.8 Å². The van der Waals surface area contributed by atoms with Gasteiger partial charge in [0.05, 0.1) is 31.2 Å². The third-order valence-electron chi connectivity index (χ3n) is 13.5. The minimum absolute atomic E-state index is 0.0549. The molecule has 3 aliphatic rings. The second-order valence-corrected chi connectivity index (χ2v) is 22.9. The molecule has 4 aromatic carbocycles. The van der Waals surface area contributed by atoms with Crippen LogP contribution in [0.1, 0.15) is 95.4 Å². The number of aromatic nitrogens is 4. The molecule has 0 saturated carbocycles. The van der Waals surface area contributed by atoms with Gasteiger partial charge in [-0.3, -0.25) is 0 Å². The molecule has 5 aromatic rings. The Morgan fingerprint density at radius 2 is 1.27 bits per heavy atom. The lowest BCUT2D eigenvalue weighted by Gasteiger charge is -2.43. The summed E-state index contributed by atoms with van der Waals surface area (Å²) in [5.74, 6) is 2.46. The summed E-state index contributed by atoms with van der Waals surface area (Å²) < 4.78 is 55.3. The minimum Gasteiger partial charge on any atom is -0.497 e. The molecule has 3 saturated heterocycles. The highest BCUT2D eigenvalue weighted by Crippen LogP contribution is 2.41. The number of hydrogen-bond donors (Lipinski definition) is 1. The molecule has 380 valence electrons. The van der Waals surface area contributed by atoms with Crippen LogP contribution >= 0.6 is 0 Å². The highest BCUT2D eigenvalue weighted by atomic mass is 32.2. The van der Waals surface area contributed by atoms with Crippen LogP contribution in [0.15, 0.2) is 89.8 Å². The van der Waals surface area contributed by atoms with Crippen molar-refractivity contribution in [2.45, 2.75) is 109 Å². The molecule has 0 atom stereocenters. The Bertz CT molecular complexity index is 2710. The van der Waals surface area contributed by atoms with E-state index in [1.165, 1.54) is 4.80 Å². The van der Waals surface area contributed by atoms with Gasteiger partial charge in [0.15, 0.2) is 0 Å². The number of piperidine rings is 2. The van der Waals surface area contributed by atoms with Crippen molar-refractivity contribution in [1.29, 1.82) is 0 Å². The first-order valence-electron chi connectivity index (χ1n) is 24.8. The van der Waals surface area contributed by atoms with E-state index >= 15 is 8.42 Å². The first-order valence-corrected chi connectivity index (χ1v) is 26.3. The Morgan fingerprint density at radius 1 is 0.690 bits per heavy atom. The predicted octanol–water partition coefficient (Wildman–Crippen LogP) is 8.79. The molecule has 0 aliphatic carbocycles. The Balaban J connectivity index is 1.09. The molecule has 16 nitrogen and oxygen atoms in total. The van der Waals surface area contributed by atoms with E-state index in [4.69, 9.17) is 24.0 Å². The van der Waals surface area contributed by atoms with Gasteiger partial charge in [0.25, 0.3) is 0 Å². The topological polar surface area (TPSA) is 171 Å². The maximum Gasteiger partial charge on any atom is 0.410 e. The van der Waals surface area contributed by atoms with Crippen LogP contribution in [-0.4, -0.2) is 127 Å². The summed E-state index contributed by atoms with van der Waals surface area (Å²) in [6.45, 7) is 16.9. The summed E-state index contributed by atoms with van der Waals surface area (Å²) >= 11 is 0. The van der Waals surface area contributed by atoms with Gasteiger partial charge in [-0.05, 0) is 161 Å². The summed E-state index contributed by atoms with van der Waals surface area (Å²) in [7, 11) is -1.01. The van der Waals surface area contributed by atoms with Gasteiger partial charge >= 0.3 is 12.2 Å². The maximum absolute atomic E-state index is 15.2. The predicted molar refractivity (Wildman–Crippen MR) is 272 cm³/mol. The molecule has 3 fully saturated rings. The monoisotopic (exact) mass is 991 g/mol. The maximum atomic E-state index is 15.2. The van der Waals surface area contributed by atoms with Crippen LogP contribution in [0, 0.1) is 11.8 Å². The van der Waals surface area contributed by atoms with Crippen molar-refractivity contribution in [3.05, 3.63) is 107 Å². The van der Waals surface area contributed by atoms with Crippen LogP contribution in [0.4, 0.5) is 9.59 Å². The molecule has 1 aromatic heterocycles. The van der Waals surface area contributed by atoms with Crippen molar-refractivity contribution in [2.75, 3.05) is 60.0 Å². The minimum atomic E-state index is -4.23. The van der Waals surface area contributed by atoms with E-state index in [1.54, 1.807) is 24.0 Å². The van der Waals surface area contributed by atoms with E-state index in [0.29, 0.717) is 67.5 Å². The van der Waals surface area contributed by atoms with Crippen LogP contribution in [0.5, 0.6) is 11.5 Å². The van der Waals surface area contributed by atoms with Gasteiger partial charge in [0, 0.05) is 45.2 Å². The summed E-state index contributed by atoms with van der Waals surface area (Å²) in [4.78, 5) is 33.1. The SMILES string of the molecule is COc1ccc(CNS(=O)(=O)c2c(CC3CCN(CC4CN(C(=O)OC(C)(C)C)C4)CC3)ccc(-c3ccc(C4CCN(C(=O)OC(C)(C)C)CC4)cc3)c2-c2nnn(Cc3ccc(OC)cc3)n2)cc1. The Labute approximate surface area is 419 Å². The molecule has 1 N–H and O–H groups in total. The van der Waals surface area contributed by atoms with Gasteiger partial charge in [0.1, 0.15) is 22.7 Å². The Kier molecular flexibility index (Phi) is 15.7. The van der Waals surface area contributed by atoms with Crippen molar-refractivity contribution >= 4 is 22.2 Å². The zero-order valence-corrected chi connectivity index (χ0v) is 43.3. The average molecular weight is 991 g/mol. The lowest BCUT2D eigenvalue weighted by Crippen LogP contribution is -2.55. The molecule has 2 amide bonds. The fourth-order valence-corrected chi connectivity index (χ4v) is 11.2. The zero-order chi connectivity index (χ0) is 50.5. The number of tetrazole rings is 1. The number of likely N-dealkylation sites (tertiary alicyclic amines) is 3. The number of hydrogen-bond acceptors (Lipinski definition) is 12. The molecule has 3 aliphatic heterocycles.